The zero-order valence-electron chi connectivity index (χ0n) is 23.6. The summed E-state index contributed by atoms with van der Waals surface area (Å²) >= 11 is 0. The van der Waals surface area contributed by atoms with E-state index in [2.05, 4.69) is 19.1 Å². The highest BCUT2D eigenvalue weighted by Gasteiger charge is 2.34. The van der Waals surface area contributed by atoms with E-state index < -0.39 is 6.08 Å². The Hall–Kier alpha value is -0.740. The molecule has 4 fully saturated rings. The van der Waals surface area contributed by atoms with Gasteiger partial charge in [0.1, 0.15) is 0 Å². The lowest BCUT2D eigenvalue weighted by Crippen LogP contribution is -2.31. The van der Waals surface area contributed by atoms with Crippen LogP contribution in [0.1, 0.15) is 122 Å². The van der Waals surface area contributed by atoms with Gasteiger partial charge in [-0.2, -0.15) is 8.78 Å². The summed E-state index contributed by atoms with van der Waals surface area (Å²) in [6, 6.07) is 0. The average Bonchev–Trinajstić information content (AvgIpc) is 2.93. The van der Waals surface area contributed by atoms with Gasteiger partial charge in [-0.05, 0) is 126 Å². The van der Waals surface area contributed by atoms with Crippen LogP contribution in [0.2, 0.25) is 0 Å². The molecule has 0 spiro atoms. The first kappa shape index (κ1) is 29.2. The van der Waals surface area contributed by atoms with Gasteiger partial charge in [-0.25, -0.2) is 0 Å². The average molecular weight is 521 g/mol. The van der Waals surface area contributed by atoms with Crippen LogP contribution < -0.4 is 0 Å². The minimum atomic E-state index is -1.51. The zero-order chi connectivity index (χ0) is 25.9. The van der Waals surface area contributed by atoms with Crippen molar-refractivity contribution in [3.05, 3.63) is 24.3 Å². The molecule has 4 heteroatoms. The fourth-order valence-electron chi connectivity index (χ4n) is 8.26. The molecular formula is C33H54F2O2. The molecule has 0 aromatic rings. The SMILES string of the molecule is C/C=C/C1COC(CCCCC2CCC(C3CCC(C4CCC(CCC=C(F)F)CC4)CC3)CC2)OC1. The normalized spacial score (nSPS) is 37.5. The van der Waals surface area contributed by atoms with Gasteiger partial charge in [0.25, 0.3) is 6.08 Å². The van der Waals surface area contributed by atoms with E-state index in [1.165, 1.54) is 96.3 Å². The van der Waals surface area contributed by atoms with Crippen molar-refractivity contribution in [1.82, 2.24) is 0 Å². The molecule has 4 rings (SSSR count). The fraction of sp³-hybridized carbons (Fsp3) is 0.879. The largest absolute Gasteiger partial charge is 0.352 e. The van der Waals surface area contributed by atoms with Crippen LogP contribution >= 0.6 is 0 Å². The van der Waals surface area contributed by atoms with E-state index in [-0.39, 0.29) is 6.29 Å². The molecule has 3 aliphatic carbocycles. The highest BCUT2D eigenvalue weighted by molar-refractivity contribution is 4.88. The molecule has 1 heterocycles. The first-order valence-corrected chi connectivity index (χ1v) is 16.0. The van der Waals surface area contributed by atoms with Crippen molar-refractivity contribution < 1.29 is 18.3 Å². The van der Waals surface area contributed by atoms with Gasteiger partial charge in [-0.3, -0.25) is 0 Å². The van der Waals surface area contributed by atoms with Crippen molar-refractivity contribution >= 4 is 0 Å². The molecule has 212 valence electrons. The maximum absolute atomic E-state index is 12.3. The van der Waals surface area contributed by atoms with Crippen molar-refractivity contribution in [2.75, 3.05) is 13.2 Å². The second kappa shape index (κ2) is 15.8. The van der Waals surface area contributed by atoms with Gasteiger partial charge in [0.05, 0.1) is 13.2 Å². The van der Waals surface area contributed by atoms with Crippen molar-refractivity contribution in [3.8, 4) is 0 Å². The molecule has 0 N–H and O–H groups in total. The monoisotopic (exact) mass is 520 g/mol. The van der Waals surface area contributed by atoms with E-state index in [4.69, 9.17) is 9.47 Å². The Morgan fingerprint density at radius 2 is 1.11 bits per heavy atom. The number of rotatable bonds is 11. The summed E-state index contributed by atoms with van der Waals surface area (Å²) in [4.78, 5) is 0. The molecule has 4 aliphatic rings. The Morgan fingerprint density at radius 1 is 0.649 bits per heavy atom. The summed E-state index contributed by atoms with van der Waals surface area (Å²) in [5.41, 5.74) is 0. The molecule has 0 amide bonds. The molecule has 1 saturated heterocycles. The second-order valence-electron chi connectivity index (χ2n) is 13.0. The van der Waals surface area contributed by atoms with Gasteiger partial charge >= 0.3 is 0 Å². The molecule has 2 nitrogen and oxygen atoms in total. The third kappa shape index (κ3) is 9.75. The van der Waals surface area contributed by atoms with E-state index in [0.29, 0.717) is 18.3 Å². The zero-order valence-corrected chi connectivity index (χ0v) is 23.6. The highest BCUT2D eigenvalue weighted by atomic mass is 19.3. The van der Waals surface area contributed by atoms with Crippen LogP contribution in [0.15, 0.2) is 24.3 Å². The van der Waals surface area contributed by atoms with Crippen molar-refractivity contribution in [2.45, 2.75) is 129 Å². The van der Waals surface area contributed by atoms with Crippen molar-refractivity contribution in [2.24, 2.45) is 41.4 Å². The Labute approximate surface area is 226 Å². The molecule has 0 atom stereocenters. The number of hydrogen-bond donors (Lipinski definition) is 0. The van der Waals surface area contributed by atoms with Gasteiger partial charge in [-0.15, -0.1) is 0 Å². The maximum Gasteiger partial charge on any atom is 0.266 e. The molecule has 0 radical (unpaired) electrons. The molecule has 0 bridgehead atoms. The van der Waals surface area contributed by atoms with Crippen molar-refractivity contribution in [3.63, 3.8) is 0 Å². The molecule has 1 aliphatic heterocycles. The van der Waals surface area contributed by atoms with Gasteiger partial charge in [-0.1, -0.05) is 50.7 Å². The number of ether oxygens (including phenoxy) is 2. The fourth-order valence-corrected chi connectivity index (χ4v) is 8.26. The third-order valence-electron chi connectivity index (χ3n) is 10.6. The van der Waals surface area contributed by atoms with Crippen LogP contribution in [-0.4, -0.2) is 19.5 Å². The highest BCUT2D eigenvalue weighted by Crippen LogP contribution is 2.46. The van der Waals surface area contributed by atoms with Crippen LogP contribution in [-0.2, 0) is 9.47 Å². The summed E-state index contributed by atoms with van der Waals surface area (Å²) < 4.78 is 36.3. The smallest absolute Gasteiger partial charge is 0.266 e. The topological polar surface area (TPSA) is 18.5 Å². The number of halogens is 2. The van der Waals surface area contributed by atoms with E-state index in [0.717, 1.165) is 61.7 Å². The lowest BCUT2D eigenvalue weighted by atomic mass is 9.64. The second-order valence-corrected chi connectivity index (χ2v) is 13.0. The van der Waals surface area contributed by atoms with Gasteiger partial charge in [0.15, 0.2) is 6.29 Å². The Balaban J connectivity index is 1.03. The molecular weight excluding hydrogens is 466 g/mol. The van der Waals surface area contributed by atoms with Gasteiger partial charge in [0, 0.05) is 5.92 Å². The minimum absolute atomic E-state index is 0.0261. The van der Waals surface area contributed by atoms with Crippen LogP contribution in [0.4, 0.5) is 8.78 Å². The predicted molar refractivity (Wildman–Crippen MR) is 148 cm³/mol. The lowest BCUT2D eigenvalue weighted by Gasteiger charge is -2.41. The minimum Gasteiger partial charge on any atom is -0.352 e. The standard InChI is InChI=1S/C33H54F2O2/c1-2-6-27-23-36-33(37-24-27)10-4-3-7-25-11-15-28(16-12-25)30-19-21-31(22-20-30)29-17-13-26(14-18-29)8-5-9-32(34)35/h2,6,9,25-31,33H,3-5,7-8,10-24H2,1H3/b6-2+. The van der Waals surface area contributed by atoms with E-state index in [1.54, 1.807) is 0 Å². The Morgan fingerprint density at radius 3 is 1.59 bits per heavy atom. The van der Waals surface area contributed by atoms with Gasteiger partial charge < -0.3 is 9.47 Å². The molecule has 37 heavy (non-hydrogen) atoms. The quantitative estimate of drug-likeness (QED) is 0.199. The predicted octanol–water partition coefficient (Wildman–Crippen LogP) is 10.1. The maximum atomic E-state index is 12.3. The molecule has 0 unspecified atom stereocenters. The lowest BCUT2D eigenvalue weighted by molar-refractivity contribution is -0.196. The Bertz CT molecular complexity index is 670. The van der Waals surface area contributed by atoms with Crippen LogP contribution in [0.5, 0.6) is 0 Å². The number of hydrogen-bond acceptors (Lipinski definition) is 2. The summed E-state index contributed by atoms with van der Waals surface area (Å²) in [7, 11) is 0. The van der Waals surface area contributed by atoms with Crippen LogP contribution in [0.25, 0.3) is 0 Å². The first-order valence-electron chi connectivity index (χ1n) is 16.0. The van der Waals surface area contributed by atoms with Gasteiger partial charge in [0.2, 0.25) is 0 Å². The van der Waals surface area contributed by atoms with E-state index in [9.17, 15) is 8.78 Å². The molecule has 0 aromatic heterocycles. The number of unbranched alkanes of at least 4 members (excludes halogenated alkanes) is 1. The Kier molecular flexibility index (Phi) is 12.5. The first-order chi connectivity index (χ1) is 18.1. The van der Waals surface area contributed by atoms with Crippen LogP contribution in [0, 0.1) is 41.4 Å². The summed E-state index contributed by atoms with van der Waals surface area (Å²) in [6.45, 7) is 3.68. The van der Waals surface area contributed by atoms with Crippen molar-refractivity contribution in [1.29, 1.82) is 0 Å². The van der Waals surface area contributed by atoms with Crippen LogP contribution in [0.3, 0.4) is 0 Å². The number of allylic oxidation sites excluding steroid dienone is 2. The van der Waals surface area contributed by atoms with E-state index >= 15 is 0 Å². The summed E-state index contributed by atoms with van der Waals surface area (Å²) in [5.74, 6) is 5.91. The molecule has 3 saturated carbocycles. The van der Waals surface area contributed by atoms with E-state index in [1.807, 2.05) is 0 Å². The summed E-state index contributed by atoms with van der Waals surface area (Å²) in [6.07, 6.45) is 27.4. The summed E-state index contributed by atoms with van der Waals surface area (Å²) in [5, 5.41) is 0. The third-order valence-corrected chi connectivity index (χ3v) is 10.6. The molecule has 0 aromatic carbocycles.